The molecular formula is C20H21F3N2O4S. The van der Waals surface area contributed by atoms with Crippen molar-refractivity contribution < 1.29 is 31.1 Å². The predicted octanol–water partition coefficient (Wildman–Crippen LogP) is 3.84. The molecule has 10 heteroatoms. The molecule has 0 saturated carbocycles. The zero-order valence-corrected chi connectivity index (χ0v) is 17.5. The number of fused-ring (bicyclic) bond motifs is 1. The monoisotopic (exact) mass is 442 g/mol. The number of amides is 1. The molecule has 0 N–H and O–H groups in total. The third kappa shape index (κ3) is 4.58. The first kappa shape index (κ1) is 22.1. The van der Waals surface area contributed by atoms with Crippen LogP contribution in [0.15, 0.2) is 35.4 Å². The minimum atomic E-state index is -4.53. The predicted molar refractivity (Wildman–Crippen MR) is 103 cm³/mol. The number of halogens is 3. The number of aromatic nitrogens is 1. The molecule has 0 spiro atoms. The molecule has 2 heterocycles. The van der Waals surface area contributed by atoms with Crippen molar-refractivity contribution in [3.05, 3.63) is 52.8 Å². The van der Waals surface area contributed by atoms with Gasteiger partial charge in [-0.15, -0.1) is 0 Å². The van der Waals surface area contributed by atoms with Crippen LogP contribution < -0.4 is 4.74 Å². The van der Waals surface area contributed by atoms with Gasteiger partial charge in [-0.1, -0.05) is 6.92 Å². The SMILES string of the molecule is CC[C@H](C)Oc1ccc(S(C)(=O)=O)cc1C(=O)N1Cc2cc(C(F)(F)F)cnc2C1. The maximum atomic E-state index is 13.2. The lowest BCUT2D eigenvalue weighted by Gasteiger charge is -2.20. The molecule has 1 aromatic carbocycles. The molecule has 1 atom stereocenters. The molecule has 1 aliphatic heterocycles. The van der Waals surface area contributed by atoms with Crippen molar-refractivity contribution >= 4 is 15.7 Å². The van der Waals surface area contributed by atoms with Gasteiger partial charge in [-0.25, -0.2) is 8.42 Å². The number of hydrogen-bond donors (Lipinski definition) is 0. The number of hydrogen-bond acceptors (Lipinski definition) is 5. The number of sulfone groups is 1. The Hall–Kier alpha value is -2.62. The van der Waals surface area contributed by atoms with Gasteiger partial charge in [-0.2, -0.15) is 13.2 Å². The van der Waals surface area contributed by atoms with Crippen LogP contribution in [-0.2, 0) is 29.1 Å². The van der Waals surface area contributed by atoms with Gasteiger partial charge in [-0.3, -0.25) is 9.78 Å². The Kier molecular flexibility index (Phi) is 5.81. The Labute approximate surface area is 172 Å². The molecule has 0 fully saturated rings. The summed E-state index contributed by atoms with van der Waals surface area (Å²) < 4.78 is 68.5. The van der Waals surface area contributed by atoms with E-state index in [9.17, 15) is 26.4 Å². The van der Waals surface area contributed by atoms with Gasteiger partial charge in [-0.05, 0) is 43.2 Å². The standard InChI is InChI=1S/C20H21F3N2O4S/c1-4-12(2)29-18-6-5-15(30(3,27)28)8-16(18)19(26)25-10-13-7-14(20(21,22)23)9-24-17(13)11-25/h5-9,12H,4,10-11H2,1-3H3/t12-/m0/s1. The smallest absolute Gasteiger partial charge is 0.417 e. The highest BCUT2D eigenvalue weighted by atomic mass is 32.2. The van der Waals surface area contributed by atoms with Gasteiger partial charge in [0, 0.05) is 19.0 Å². The fraction of sp³-hybridized carbons (Fsp3) is 0.400. The summed E-state index contributed by atoms with van der Waals surface area (Å²) in [6.45, 7) is 3.68. The summed E-state index contributed by atoms with van der Waals surface area (Å²) in [4.78, 5) is 18.3. The zero-order valence-electron chi connectivity index (χ0n) is 16.7. The van der Waals surface area contributed by atoms with Crippen LogP contribution >= 0.6 is 0 Å². The summed E-state index contributed by atoms with van der Waals surface area (Å²) in [5, 5.41) is 0. The lowest BCUT2D eigenvalue weighted by Crippen LogP contribution is -2.27. The molecule has 30 heavy (non-hydrogen) atoms. The molecule has 162 valence electrons. The van der Waals surface area contributed by atoms with E-state index in [4.69, 9.17) is 4.74 Å². The van der Waals surface area contributed by atoms with E-state index in [1.165, 1.54) is 23.1 Å². The summed E-state index contributed by atoms with van der Waals surface area (Å²) in [6, 6.07) is 5.02. The fourth-order valence-corrected chi connectivity index (χ4v) is 3.69. The number of ether oxygens (including phenoxy) is 1. The number of rotatable bonds is 5. The number of alkyl halides is 3. The molecule has 0 radical (unpaired) electrons. The third-order valence-corrected chi connectivity index (χ3v) is 6.00. The summed E-state index contributed by atoms with van der Waals surface area (Å²) in [6.07, 6.45) is -2.30. The van der Waals surface area contributed by atoms with Crippen molar-refractivity contribution in [1.82, 2.24) is 9.88 Å². The van der Waals surface area contributed by atoms with Crippen LogP contribution in [0.4, 0.5) is 13.2 Å². The van der Waals surface area contributed by atoms with E-state index in [2.05, 4.69) is 4.98 Å². The number of nitrogens with zero attached hydrogens (tertiary/aromatic N) is 2. The van der Waals surface area contributed by atoms with Crippen LogP contribution in [0.5, 0.6) is 5.75 Å². The molecule has 0 aliphatic carbocycles. The lowest BCUT2D eigenvalue weighted by molar-refractivity contribution is -0.137. The van der Waals surface area contributed by atoms with Crippen LogP contribution in [0.2, 0.25) is 0 Å². The molecule has 0 unspecified atom stereocenters. The molecular weight excluding hydrogens is 421 g/mol. The maximum absolute atomic E-state index is 13.2. The minimum Gasteiger partial charge on any atom is -0.490 e. The largest absolute Gasteiger partial charge is 0.490 e. The van der Waals surface area contributed by atoms with Gasteiger partial charge in [0.1, 0.15) is 5.75 Å². The fourth-order valence-electron chi connectivity index (χ4n) is 3.04. The van der Waals surface area contributed by atoms with E-state index in [1.54, 1.807) is 0 Å². The molecule has 0 bridgehead atoms. The first-order valence-electron chi connectivity index (χ1n) is 9.25. The topological polar surface area (TPSA) is 76.6 Å². The second kappa shape index (κ2) is 7.90. The van der Waals surface area contributed by atoms with Crippen LogP contribution in [0.3, 0.4) is 0 Å². The summed E-state index contributed by atoms with van der Waals surface area (Å²) in [5.74, 6) is -0.313. The Bertz CT molecular complexity index is 1080. The Morgan fingerprint density at radius 2 is 1.97 bits per heavy atom. The molecule has 2 aromatic rings. The quantitative estimate of drug-likeness (QED) is 0.703. The third-order valence-electron chi connectivity index (χ3n) is 4.89. The highest BCUT2D eigenvalue weighted by Gasteiger charge is 2.34. The van der Waals surface area contributed by atoms with E-state index < -0.39 is 27.5 Å². The van der Waals surface area contributed by atoms with E-state index in [1.807, 2.05) is 13.8 Å². The van der Waals surface area contributed by atoms with Crippen LogP contribution in [0.25, 0.3) is 0 Å². The second-order valence-corrected chi connectivity index (χ2v) is 9.27. The van der Waals surface area contributed by atoms with Crippen molar-refractivity contribution in [2.24, 2.45) is 0 Å². The first-order valence-corrected chi connectivity index (χ1v) is 11.1. The number of carbonyl (C=O) groups excluding carboxylic acids is 1. The van der Waals surface area contributed by atoms with Gasteiger partial charge in [0.05, 0.1) is 34.4 Å². The average molecular weight is 442 g/mol. The van der Waals surface area contributed by atoms with Gasteiger partial charge >= 0.3 is 6.18 Å². The van der Waals surface area contributed by atoms with Crippen molar-refractivity contribution in [2.75, 3.05) is 6.26 Å². The maximum Gasteiger partial charge on any atom is 0.417 e. The highest BCUT2D eigenvalue weighted by Crippen LogP contribution is 2.33. The van der Waals surface area contributed by atoms with Crippen molar-refractivity contribution in [1.29, 1.82) is 0 Å². The number of pyridine rings is 1. The first-order chi connectivity index (χ1) is 13.9. The summed E-state index contributed by atoms with van der Waals surface area (Å²) in [7, 11) is -3.57. The zero-order chi connectivity index (χ0) is 22.3. The van der Waals surface area contributed by atoms with E-state index in [0.717, 1.165) is 18.5 Å². The molecule has 1 aliphatic rings. The average Bonchev–Trinajstić information content (AvgIpc) is 3.09. The van der Waals surface area contributed by atoms with E-state index in [-0.39, 0.29) is 35.4 Å². The van der Waals surface area contributed by atoms with Gasteiger partial charge in [0.15, 0.2) is 9.84 Å². The van der Waals surface area contributed by atoms with Crippen LogP contribution in [0.1, 0.15) is 47.4 Å². The number of benzene rings is 1. The Balaban J connectivity index is 1.95. The Morgan fingerprint density at radius 1 is 1.27 bits per heavy atom. The van der Waals surface area contributed by atoms with Crippen LogP contribution in [0, 0.1) is 0 Å². The van der Waals surface area contributed by atoms with E-state index in [0.29, 0.717) is 17.7 Å². The summed E-state index contributed by atoms with van der Waals surface area (Å²) in [5.41, 5.74) is -0.153. The van der Waals surface area contributed by atoms with E-state index >= 15 is 0 Å². The molecule has 1 amide bonds. The van der Waals surface area contributed by atoms with Gasteiger partial charge in [0.2, 0.25) is 0 Å². The highest BCUT2D eigenvalue weighted by molar-refractivity contribution is 7.90. The molecule has 6 nitrogen and oxygen atoms in total. The van der Waals surface area contributed by atoms with Gasteiger partial charge in [0.25, 0.3) is 5.91 Å². The second-order valence-electron chi connectivity index (χ2n) is 7.26. The molecule has 3 rings (SSSR count). The Morgan fingerprint density at radius 3 is 2.57 bits per heavy atom. The normalized spacial score (nSPS) is 15.1. The van der Waals surface area contributed by atoms with Crippen molar-refractivity contribution in [3.8, 4) is 5.75 Å². The van der Waals surface area contributed by atoms with Crippen molar-refractivity contribution in [3.63, 3.8) is 0 Å². The summed E-state index contributed by atoms with van der Waals surface area (Å²) >= 11 is 0. The molecule has 1 aromatic heterocycles. The van der Waals surface area contributed by atoms with Crippen LogP contribution in [-0.4, -0.2) is 36.6 Å². The molecule has 0 saturated heterocycles. The van der Waals surface area contributed by atoms with Crippen molar-refractivity contribution in [2.45, 2.75) is 50.5 Å². The number of carbonyl (C=O) groups is 1. The minimum absolute atomic E-state index is 0.0260. The lowest BCUT2D eigenvalue weighted by atomic mass is 10.1. The van der Waals surface area contributed by atoms with Gasteiger partial charge < -0.3 is 9.64 Å².